The molecule has 0 spiro atoms. The van der Waals surface area contributed by atoms with Crippen LogP contribution in [0.5, 0.6) is 0 Å². The van der Waals surface area contributed by atoms with Crippen LogP contribution in [0.15, 0.2) is 0 Å². The molecular formula is C12H21N3S. The van der Waals surface area contributed by atoms with Gasteiger partial charge in [0.05, 0.1) is 10.7 Å². The summed E-state index contributed by atoms with van der Waals surface area (Å²) >= 11 is 1.90. The lowest BCUT2D eigenvalue weighted by Gasteiger charge is -2.27. The molecule has 16 heavy (non-hydrogen) atoms. The Bertz CT molecular complexity index is 340. The van der Waals surface area contributed by atoms with Crippen molar-refractivity contribution in [2.24, 2.45) is 0 Å². The Labute approximate surface area is 102 Å². The number of hydrogen-bond acceptors (Lipinski definition) is 4. The molecule has 0 radical (unpaired) electrons. The Morgan fingerprint density at radius 1 is 1.44 bits per heavy atom. The fourth-order valence-electron chi connectivity index (χ4n) is 2.21. The molecule has 0 bridgehead atoms. The normalized spacial score (nSPS) is 19.2. The van der Waals surface area contributed by atoms with E-state index in [1.807, 2.05) is 18.4 Å². The van der Waals surface area contributed by atoms with Gasteiger partial charge in [-0.15, -0.1) is 11.3 Å². The van der Waals surface area contributed by atoms with E-state index in [-0.39, 0.29) is 0 Å². The van der Waals surface area contributed by atoms with Crippen LogP contribution in [0.25, 0.3) is 0 Å². The van der Waals surface area contributed by atoms with Gasteiger partial charge in [-0.05, 0) is 47.0 Å². The monoisotopic (exact) mass is 239 g/mol. The zero-order valence-electron chi connectivity index (χ0n) is 10.4. The van der Waals surface area contributed by atoms with Gasteiger partial charge < -0.3 is 10.2 Å². The summed E-state index contributed by atoms with van der Waals surface area (Å²) in [7, 11) is 4.20. The molecule has 0 amide bonds. The molecule has 3 nitrogen and oxygen atoms in total. The third kappa shape index (κ3) is 2.62. The van der Waals surface area contributed by atoms with Gasteiger partial charge in [0.2, 0.25) is 0 Å². The van der Waals surface area contributed by atoms with Gasteiger partial charge in [-0.2, -0.15) is 0 Å². The largest absolute Gasteiger partial charge is 0.315 e. The van der Waals surface area contributed by atoms with Gasteiger partial charge >= 0.3 is 0 Å². The van der Waals surface area contributed by atoms with E-state index in [9.17, 15) is 0 Å². The average Bonchev–Trinajstić information content (AvgIpc) is 2.62. The minimum atomic E-state index is 0.700. The number of rotatable bonds is 3. The molecule has 90 valence electrons. The Kier molecular flexibility index (Phi) is 3.95. The van der Waals surface area contributed by atoms with Gasteiger partial charge in [-0.1, -0.05) is 0 Å². The van der Waals surface area contributed by atoms with Crippen molar-refractivity contribution in [3.63, 3.8) is 0 Å². The zero-order valence-corrected chi connectivity index (χ0v) is 11.2. The molecule has 0 saturated carbocycles. The van der Waals surface area contributed by atoms with Crippen molar-refractivity contribution in [1.82, 2.24) is 15.2 Å². The first-order valence-corrected chi connectivity index (χ1v) is 6.81. The minimum Gasteiger partial charge on any atom is -0.315 e. The van der Waals surface area contributed by atoms with Crippen LogP contribution in [-0.2, 0) is 6.54 Å². The highest BCUT2D eigenvalue weighted by Gasteiger charge is 2.21. The van der Waals surface area contributed by atoms with Gasteiger partial charge in [0.1, 0.15) is 0 Å². The van der Waals surface area contributed by atoms with Crippen molar-refractivity contribution in [2.45, 2.75) is 32.2 Å². The van der Waals surface area contributed by atoms with Gasteiger partial charge in [-0.3, -0.25) is 0 Å². The summed E-state index contributed by atoms with van der Waals surface area (Å²) in [5.41, 5.74) is 1.22. The summed E-state index contributed by atoms with van der Waals surface area (Å²) < 4.78 is 0. The topological polar surface area (TPSA) is 28.2 Å². The standard InChI is InChI=1S/C12H21N3S/c1-9-11(8-13-2)16-12(14-9)10-4-6-15(3)7-5-10/h10,13H,4-8H2,1-3H3. The lowest BCUT2D eigenvalue weighted by Crippen LogP contribution is -2.29. The van der Waals surface area contributed by atoms with E-state index < -0.39 is 0 Å². The Balaban J connectivity index is 2.06. The molecule has 0 atom stereocenters. The quantitative estimate of drug-likeness (QED) is 0.874. The van der Waals surface area contributed by atoms with E-state index in [2.05, 4.69) is 24.2 Å². The highest BCUT2D eigenvalue weighted by molar-refractivity contribution is 7.11. The summed E-state index contributed by atoms with van der Waals surface area (Å²) in [6.45, 7) is 5.51. The van der Waals surface area contributed by atoms with Gasteiger partial charge in [0.15, 0.2) is 0 Å². The first kappa shape index (κ1) is 12.0. The Hall–Kier alpha value is -0.450. The van der Waals surface area contributed by atoms with Crippen LogP contribution in [0, 0.1) is 6.92 Å². The summed E-state index contributed by atoms with van der Waals surface area (Å²) in [6.07, 6.45) is 2.53. The van der Waals surface area contributed by atoms with Crippen LogP contribution in [0.3, 0.4) is 0 Å². The van der Waals surface area contributed by atoms with Gasteiger partial charge in [-0.25, -0.2) is 4.98 Å². The second-order valence-electron chi connectivity index (χ2n) is 4.67. The summed E-state index contributed by atoms with van der Waals surface area (Å²) in [4.78, 5) is 8.55. The van der Waals surface area contributed by atoms with E-state index in [1.165, 1.54) is 41.5 Å². The molecule has 0 aliphatic carbocycles. The number of hydrogen-bond donors (Lipinski definition) is 1. The molecule has 1 aromatic rings. The molecule has 1 aromatic heterocycles. The molecule has 2 heterocycles. The van der Waals surface area contributed by atoms with Crippen molar-refractivity contribution >= 4 is 11.3 Å². The molecule has 1 N–H and O–H groups in total. The number of nitrogens with one attached hydrogen (secondary N) is 1. The zero-order chi connectivity index (χ0) is 11.5. The first-order valence-electron chi connectivity index (χ1n) is 6.00. The smallest absolute Gasteiger partial charge is 0.0963 e. The number of aryl methyl sites for hydroxylation is 1. The molecule has 1 saturated heterocycles. The molecule has 1 aliphatic heterocycles. The molecule has 0 aromatic carbocycles. The SMILES string of the molecule is CNCc1sc(C2CCN(C)CC2)nc1C. The first-order chi connectivity index (χ1) is 7.70. The van der Waals surface area contributed by atoms with E-state index in [4.69, 9.17) is 4.98 Å². The van der Waals surface area contributed by atoms with Crippen LogP contribution < -0.4 is 5.32 Å². The molecule has 4 heteroatoms. The van der Waals surface area contributed by atoms with Crippen molar-refractivity contribution in [1.29, 1.82) is 0 Å². The van der Waals surface area contributed by atoms with E-state index in [1.54, 1.807) is 0 Å². The lowest BCUT2D eigenvalue weighted by molar-refractivity contribution is 0.255. The van der Waals surface area contributed by atoms with E-state index in [0.29, 0.717) is 5.92 Å². The minimum absolute atomic E-state index is 0.700. The summed E-state index contributed by atoms with van der Waals surface area (Å²) in [6, 6.07) is 0. The summed E-state index contributed by atoms with van der Waals surface area (Å²) in [5, 5.41) is 4.57. The maximum atomic E-state index is 4.74. The maximum Gasteiger partial charge on any atom is 0.0963 e. The van der Waals surface area contributed by atoms with Crippen LogP contribution in [0.2, 0.25) is 0 Å². The van der Waals surface area contributed by atoms with Crippen LogP contribution >= 0.6 is 11.3 Å². The molecule has 0 unspecified atom stereocenters. The number of thiazole rings is 1. The predicted molar refractivity (Wildman–Crippen MR) is 69.1 cm³/mol. The molecule has 2 rings (SSSR count). The van der Waals surface area contributed by atoms with E-state index in [0.717, 1.165) is 6.54 Å². The Morgan fingerprint density at radius 3 is 2.75 bits per heavy atom. The maximum absolute atomic E-state index is 4.74. The Morgan fingerprint density at radius 2 is 2.12 bits per heavy atom. The number of aromatic nitrogens is 1. The summed E-state index contributed by atoms with van der Waals surface area (Å²) in [5.74, 6) is 0.700. The van der Waals surface area contributed by atoms with Crippen molar-refractivity contribution < 1.29 is 0 Å². The van der Waals surface area contributed by atoms with Gasteiger partial charge in [0, 0.05) is 17.3 Å². The lowest BCUT2D eigenvalue weighted by atomic mass is 9.98. The van der Waals surface area contributed by atoms with Crippen molar-refractivity contribution in [3.05, 3.63) is 15.6 Å². The van der Waals surface area contributed by atoms with E-state index >= 15 is 0 Å². The second-order valence-corrected chi connectivity index (χ2v) is 5.78. The number of nitrogens with zero attached hydrogens (tertiary/aromatic N) is 2. The second kappa shape index (κ2) is 5.25. The third-order valence-electron chi connectivity index (χ3n) is 3.31. The number of piperidine rings is 1. The van der Waals surface area contributed by atoms with Crippen LogP contribution in [-0.4, -0.2) is 37.1 Å². The fraction of sp³-hybridized carbons (Fsp3) is 0.750. The molecule has 1 aliphatic rings. The van der Waals surface area contributed by atoms with Crippen molar-refractivity contribution in [3.8, 4) is 0 Å². The average molecular weight is 239 g/mol. The van der Waals surface area contributed by atoms with Crippen molar-refractivity contribution in [2.75, 3.05) is 27.2 Å². The third-order valence-corrected chi connectivity index (χ3v) is 4.63. The fourth-order valence-corrected chi connectivity index (χ4v) is 3.45. The van der Waals surface area contributed by atoms with Crippen LogP contribution in [0.4, 0.5) is 0 Å². The van der Waals surface area contributed by atoms with Gasteiger partial charge in [0.25, 0.3) is 0 Å². The number of likely N-dealkylation sites (tertiary alicyclic amines) is 1. The van der Waals surface area contributed by atoms with Crippen LogP contribution in [0.1, 0.15) is 34.3 Å². The highest BCUT2D eigenvalue weighted by atomic mass is 32.1. The highest BCUT2D eigenvalue weighted by Crippen LogP contribution is 2.32. The molecule has 1 fully saturated rings. The molecular weight excluding hydrogens is 218 g/mol. The predicted octanol–water partition coefficient (Wildman–Crippen LogP) is 1.98.